The average Bonchev–Trinajstić information content (AvgIpc) is 2.41. The minimum atomic E-state index is 0.604. The second-order valence-electron chi connectivity index (χ2n) is 5.53. The summed E-state index contributed by atoms with van der Waals surface area (Å²) in [5, 5.41) is 0. The Morgan fingerprint density at radius 1 is 0.947 bits per heavy atom. The molecule has 0 bridgehead atoms. The Labute approximate surface area is 118 Å². The van der Waals surface area contributed by atoms with Crippen molar-refractivity contribution in [3.63, 3.8) is 0 Å². The van der Waals surface area contributed by atoms with E-state index in [-0.39, 0.29) is 0 Å². The van der Waals surface area contributed by atoms with Gasteiger partial charge in [0, 0.05) is 11.6 Å². The van der Waals surface area contributed by atoms with Gasteiger partial charge in [-0.15, -0.1) is 0 Å². The number of nitrogens with two attached hydrogens (primary N) is 1. The molecule has 1 aromatic rings. The van der Waals surface area contributed by atoms with Crippen molar-refractivity contribution in [3.8, 4) is 0 Å². The van der Waals surface area contributed by atoms with Gasteiger partial charge in [0.2, 0.25) is 0 Å². The monoisotopic (exact) mass is 262 g/mol. The van der Waals surface area contributed by atoms with Crippen LogP contribution < -0.4 is 5.73 Å². The molecule has 1 heterocycles. The maximum absolute atomic E-state index is 5.82. The van der Waals surface area contributed by atoms with Gasteiger partial charge in [0.1, 0.15) is 5.82 Å². The van der Waals surface area contributed by atoms with Gasteiger partial charge in [-0.3, -0.25) is 0 Å². The summed E-state index contributed by atoms with van der Waals surface area (Å²) in [4.78, 5) is 4.53. The lowest BCUT2D eigenvalue weighted by molar-refractivity contribution is 0.493. The number of pyridine rings is 1. The van der Waals surface area contributed by atoms with E-state index in [2.05, 4.69) is 24.9 Å². The van der Waals surface area contributed by atoms with E-state index in [1.165, 1.54) is 63.5 Å². The van der Waals surface area contributed by atoms with Crippen molar-refractivity contribution in [2.45, 2.75) is 77.6 Å². The number of unbranched alkanes of at least 4 members (excludes halogenated alkanes) is 5. The minimum absolute atomic E-state index is 0.604. The van der Waals surface area contributed by atoms with Crippen molar-refractivity contribution in [1.29, 1.82) is 0 Å². The van der Waals surface area contributed by atoms with Crippen LogP contribution in [-0.2, 0) is 0 Å². The normalized spacial score (nSPS) is 12.5. The van der Waals surface area contributed by atoms with Crippen LogP contribution >= 0.6 is 0 Å². The molecule has 0 saturated carbocycles. The van der Waals surface area contributed by atoms with Crippen molar-refractivity contribution in [2.75, 3.05) is 5.73 Å². The molecule has 108 valence electrons. The Balaban J connectivity index is 2.52. The van der Waals surface area contributed by atoms with Crippen LogP contribution in [0.3, 0.4) is 0 Å². The van der Waals surface area contributed by atoms with E-state index in [0.717, 1.165) is 0 Å². The van der Waals surface area contributed by atoms with E-state index >= 15 is 0 Å². The quantitative estimate of drug-likeness (QED) is 0.581. The molecule has 1 atom stereocenters. The minimum Gasteiger partial charge on any atom is -0.384 e. The number of aromatic nitrogens is 1. The van der Waals surface area contributed by atoms with Crippen LogP contribution in [0.2, 0.25) is 0 Å². The Morgan fingerprint density at radius 2 is 1.58 bits per heavy atom. The highest BCUT2D eigenvalue weighted by molar-refractivity contribution is 5.30. The molecular weight excluding hydrogens is 232 g/mol. The van der Waals surface area contributed by atoms with Crippen LogP contribution in [0.1, 0.15) is 83.2 Å². The zero-order chi connectivity index (χ0) is 13.9. The maximum atomic E-state index is 5.82. The van der Waals surface area contributed by atoms with Gasteiger partial charge in [-0.2, -0.15) is 0 Å². The van der Waals surface area contributed by atoms with Gasteiger partial charge in [-0.25, -0.2) is 4.98 Å². The lowest BCUT2D eigenvalue weighted by Crippen LogP contribution is -2.04. The third kappa shape index (κ3) is 6.60. The topological polar surface area (TPSA) is 38.9 Å². The van der Waals surface area contributed by atoms with Gasteiger partial charge in [0.25, 0.3) is 0 Å². The third-order valence-corrected chi connectivity index (χ3v) is 3.77. The molecular formula is C17H30N2. The lowest BCUT2D eigenvalue weighted by Gasteiger charge is -2.16. The molecule has 2 N–H and O–H groups in total. The Hall–Kier alpha value is -1.05. The molecule has 19 heavy (non-hydrogen) atoms. The largest absolute Gasteiger partial charge is 0.384 e. The van der Waals surface area contributed by atoms with Crippen molar-refractivity contribution >= 4 is 5.82 Å². The fourth-order valence-electron chi connectivity index (χ4n) is 2.59. The molecule has 0 saturated heterocycles. The summed E-state index contributed by atoms with van der Waals surface area (Å²) in [6.07, 6.45) is 11.8. The molecule has 2 heteroatoms. The summed E-state index contributed by atoms with van der Waals surface area (Å²) in [6, 6.07) is 6.06. The molecule has 0 radical (unpaired) electrons. The van der Waals surface area contributed by atoms with E-state index in [1.54, 1.807) is 0 Å². The number of hydrogen-bond acceptors (Lipinski definition) is 2. The van der Waals surface area contributed by atoms with Crippen molar-refractivity contribution in [3.05, 3.63) is 23.9 Å². The molecule has 1 aromatic heterocycles. The number of nitrogens with zero attached hydrogens (tertiary/aromatic N) is 1. The Bertz CT molecular complexity index is 336. The molecule has 0 aliphatic rings. The van der Waals surface area contributed by atoms with E-state index in [9.17, 15) is 0 Å². The highest BCUT2D eigenvalue weighted by atomic mass is 14.8. The van der Waals surface area contributed by atoms with Gasteiger partial charge in [-0.1, -0.05) is 64.9 Å². The fourth-order valence-corrected chi connectivity index (χ4v) is 2.59. The number of nitrogen functional groups attached to an aromatic ring is 1. The van der Waals surface area contributed by atoms with Crippen molar-refractivity contribution in [2.24, 2.45) is 0 Å². The maximum Gasteiger partial charge on any atom is 0.123 e. The second-order valence-corrected chi connectivity index (χ2v) is 5.53. The first-order valence-corrected chi connectivity index (χ1v) is 8.00. The lowest BCUT2D eigenvalue weighted by atomic mass is 9.91. The summed E-state index contributed by atoms with van der Waals surface area (Å²) >= 11 is 0. The van der Waals surface area contributed by atoms with Crippen LogP contribution in [0.4, 0.5) is 5.82 Å². The molecule has 2 nitrogen and oxygen atoms in total. The smallest absolute Gasteiger partial charge is 0.123 e. The SMILES string of the molecule is CCCCCCC(CCCCC)c1cccc(N)n1. The summed E-state index contributed by atoms with van der Waals surface area (Å²) in [5.74, 6) is 1.26. The van der Waals surface area contributed by atoms with E-state index in [0.29, 0.717) is 11.7 Å². The van der Waals surface area contributed by atoms with Gasteiger partial charge in [0.05, 0.1) is 0 Å². The highest BCUT2D eigenvalue weighted by Gasteiger charge is 2.12. The Morgan fingerprint density at radius 3 is 2.21 bits per heavy atom. The fraction of sp³-hybridized carbons (Fsp3) is 0.706. The van der Waals surface area contributed by atoms with Crippen molar-refractivity contribution < 1.29 is 0 Å². The average molecular weight is 262 g/mol. The summed E-state index contributed by atoms with van der Waals surface area (Å²) in [7, 11) is 0. The predicted molar refractivity (Wildman–Crippen MR) is 84.3 cm³/mol. The molecule has 0 aromatic carbocycles. The van der Waals surface area contributed by atoms with E-state index in [4.69, 9.17) is 5.73 Å². The third-order valence-electron chi connectivity index (χ3n) is 3.77. The summed E-state index contributed by atoms with van der Waals surface area (Å²) in [6.45, 7) is 4.52. The summed E-state index contributed by atoms with van der Waals surface area (Å²) < 4.78 is 0. The molecule has 0 aliphatic carbocycles. The first-order valence-electron chi connectivity index (χ1n) is 8.00. The van der Waals surface area contributed by atoms with Gasteiger partial charge < -0.3 is 5.73 Å². The predicted octanol–water partition coefficient (Wildman–Crippen LogP) is 5.30. The van der Waals surface area contributed by atoms with Crippen LogP contribution in [-0.4, -0.2) is 4.98 Å². The molecule has 0 amide bonds. The zero-order valence-electron chi connectivity index (χ0n) is 12.7. The molecule has 0 spiro atoms. The van der Waals surface area contributed by atoms with Crippen LogP contribution in [0.25, 0.3) is 0 Å². The van der Waals surface area contributed by atoms with E-state index < -0.39 is 0 Å². The zero-order valence-corrected chi connectivity index (χ0v) is 12.7. The summed E-state index contributed by atoms with van der Waals surface area (Å²) in [5.41, 5.74) is 7.02. The Kier molecular flexibility index (Phi) is 8.28. The first kappa shape index (κ1) is 16.0. The van der Waals surface area contributed by atoms with Crippen LogP contribution in [0, 0.1) is 0 Å². The first-order chi connectivity index (χ1) is 9.27. The van der Waals surface area contributed by atoms with Gasteiger partial charge in [0.15, 0.2) is 0 Å². The van der Waals surface area contributed by atoms with Gasteiger partial charge >= 0.3 is 0 Å². The molecule has 1 rings (SSSR count). The number of rotatable bonds is 10. The molecule has 0 fully saturated rings. The number of hydrogen-bond donors (Lipinski definition) is 1. The molecule has 1 unspecified atom stereocenters. The number of anilines is 1. The van der Waals surface area contributed by atoms with Crippen LogP contribution in [0.5, 0.6) is 0 Å². The standard InChI is InChI=1S/C17H30N2/c1-3-5-7-9-12-15(11-8-6-4-2)16-13-10-14-17(18)19-16/h10,13-15H,3-9,11-12H2,1-2H3,(H2,18,19). The van der Waals surface area contributed by atoms with E-state index in [1.807, 2.05) is 12.1 Å². The highest BCUT2D eigenvalue weighted by Crippen LogP contribution is 2.27. The van der Waals surface area contributed by atoms with Crippen LogP contribution in [0.15, 0.2) is 18.2 Å². The van der Waals surface area contributed by atoms with Gasteiger partial charge in [-0.05, 0) is 25.0 Å². The van der Waals surface area contributed by atoms with Crippen molar-refractivity contribution in [1.82, 2.24) is 4.98 Å². The second kappa shape index (κ2) is 9.82. The molecule has 0 aliphatic heterocycles.